The zero-order valence-corrected chi connectivity index (χ0v) is 9.34. The molecule has 1 unspecified atom stereocenters. The van der Waals surface area contributed by atoms with Gasteiger partial charge < -0.3 is 0 Å². The maximum atomic E-state index is 12.8. The minimum absolute atomic E-state index is 0.0199. The molecule has 0 N–H and O–H groups in total. The molecule has 7 heteroatoms. The Morgan fingerprint density at radius 3 is 2.39 bits per heavy atom. The number of hydrogen-bond donors (Lipinski definition) is 0. The van der Waals surface area contributed by atoms with E-state index < -0.39 is 23.6 Å². The lowest BCUT2D eigenvalue weighted by molar-refractivity contribution is -0.138. The van der Waals surface area contributed by atoms with Crippen LogP contribution in [-0.4, -0.2) is 15.7 Å². The van der Waals surface area contributed by atoms with E-state index in [4.69, 9.17) is 0 Å². The molecule has 0 aromatic carbocycles. The topological polar surface area (TPSA) is 17.8 Å². The molecule has 3 rings (SSSR count). The van der Waals surface area contributed by atoms with Gasteiger partial charge in [-0.3, -0.25) is 4.68 Å². The van der Waals surface area contributed by atoms with Gasteiger partial charge in [0.25, 0.3) is 5.92 Å². The molecular formula is C11H11F5N2. The van der Waals surface area contributed by atoms with Gasteiger partial charge in [0.1, 0.15) is 0 Å². The van der Waals surface area contributed by atoms with Gasteiger partial charge in [0.15, 0.2) is 0 Å². The van der Waals surface area contributed by atoms with Crippen molar-refractivity contribution in [1.29, 1.82) is 0 Å². The molecule has 2 saturated carbocycles. The summed E-state index contributed by atoms with van der Waals surface area (Å²) in [5, 5.41) is 3.85. The Balaban J connectivity index is 1.83. The number of hydrogen-bond acceptors (Lipinski definition) is 1. The third-order valence-electron chi connectivity index (χ3n) is 3.42. The van der Waals surface area contributed by atoms with Gasteiger partial charge in [-0.05, 0) is 12.8 Å². The van der Waals surface area contributed by atoms with Crippen LogP contribution in [0.3, 0.4) is 0 Å². The second-order valence-electron chi connectivity index (χ2n) is 5.08. The monoisotopic (exact) mass is 266 g/mol. The van der Waals surface area contributed by atoms with Crippen molar-refractivity contribution >= 4 is 0 Å². The highest BCUT2D eigenvalue weighted by molar-refractivity contribution is 5.27. The van der Waals surface area contributed by atoms with Crippen molar-refractivity contribution in [3.63, 3.8) is 0 Å². The Kier molecular flexibility index (Phi) is 2.29. The van der Waals surface area contributed by atoms with Crippen molar-refractivity contribution in [3.05, 3.63) is 17.5 Å². The summed E-state index contributed by atoms with van der Waals surface area (Å²) in [4.78, 5) is 0. The van der Waals surface area contributed by atoms with E-state index in [0.29, 0.717) is 12.8 Å². The van der Waals surface area contributed by atoms with E-state index in [0.717, 1.165) is 10.9 Å². The molecule has 1 atom stereocenters. The maximum absolute atomic E-state index is 12.8. The molecule has 1 aromatic heterocycles. The summed E-state index contributed by atoms with van der Waals surface area (Å²) in [5.74, 6) is -3.75. The zero-order chi connectivity index (χ0) is 13.1. The summed E-state index contributed by atoms with van der Waals surface area (Å²) in [6, 6.07) is 0. The summed E-state index contributed by atoms with van der Waals surface area (Å²) >= 11 is 0. The van der Waals surface area contributed by atoms with Crippen LogP contribution in [0.4, 0.5) is 22.0 Å². The minimum atomic E-state index is -4.46. The summed E-state index contributed by atoms with van der Waals surface area (Å²) in [7, 11) is 0. The lowest BCUT2D eigenvalue weighted by atomic mass is 10.2. The van der Waals surface area contributed by atoms with E-state index in [-0.39, 0.29) is 24.6 Å². The van der Waals surface area contributed by atoms with E-state index in [1.807, 2.05) is 0 Å². The molecule has 1 aromatic rings. The highest BCUT2D eigenvalue weighted by Crippen LogP contribution is 2.50. The predicted octanol–water partition coefficient (Wildman–Crippen LogP) is 3.43. The van der Waals surface area contributed by atoms with Crippen molar-refractivity contribution in [3.8, 4) is 0 Å². The van der Waals surface area contributed by atoms with Gasteiger partial charge in [0.2, 0.25) is 0 Å². The molecule has 2 nitrogen and oxygen atoms in total. The van der Waals surface area contributed by atoms with E-state index in [1.165, 1.54) is 0 Å². The Morgan fingerprint density at radius 1 is 1.33 bits per heavy atom. The number of rotatable bonds is 3. The summed E-state index contributed by atoms with van der Waals surface area (Å²) in [5.41, 5.74) is -0.750. The molecule has 0 aliphatic heterocycles. The molecule has 1 heterocycles. The van der Waals surface area contributed by atoms with Gasteiger partial charge in [-0.2, -0.15) is 18.3 Å². The SMILES string of the molecule is FC(F)(F)c1cn(CC2CC2(F)F)nc1C1CC1. The average Bonchev–Trinajstić information content (AvgIpc) is 3.09. The van der Waals surface area contributed by atoms with E-state index >= 15 is 0 Å². The lowest BCUT2D eigenvalue weighted by Gasteiger charge is -2.04. The third kappa shape index (κ3) is 2.10. The quantitative estimate of drug-likeness (QED) is 0.766. The van der Waals surface area contributed by atoms with Crippen molar-refractivity contribution in [1.82, 2.24) is 9.78 Å². The van der Waals surface area contributed by atoms with E-state index in [1.54, 1.807) is 0 Å². The number of alkyl halides is 5. The van der Waals surface area contributed by atoms with Crippen LogP contribution in [0.2, 0.25) is 0 Å². The summed E-state index contributed by atoms with van der Waals surface area (Å²) in [6.07, 6.45) is -2.46. The molecule has 100 valence electrons. The van der Waals surface area contributed by atoms with Crippen LogP contribution in [0.25, 0.3) is 0 Å². The van der Waals surface area contributed by atoms with Crippen LogP contribution in [0.15, 0.2) is 6.20 Å². The van der Waals surface area contributed by atoms with E-state index in [9.17, 15) is 22.0 Å². The lowest BCUT2D eigenvalue weighted by Crippen LogP contribution is -2.07. The second kappa shape index (κ2) is 3.45. The third-order valence-corrected chi connectivity index (χ3v) is 3.42. The molecule has 0 amide bonds. The molecule has 2 fully saturated rings. The van der Waals surface area contributed by atoms with Crippen LogP contribution in [0.5, 0.6) is 0 Å². The first kappa shape index (κ1) is 11.9. The van der Waals surface area contributed by atoms with Gasteiger partial charge >= 0.3 is 6.18 Å². The molecule has 2 aliphatic rings. The zero-order valence-electron chi connectivity index (χ0n) is 9.34. The maximum Gasteiger partial charge on any atom is 0.419 e. The number of nitrogens with zero attached hydrogens (tertiary/aromatic N) is 2. The fourth-order valence-corrected chi connectivity index (χ4v) is 2.10. The average molecular weight is 266 g/mol. The fraction of sp³-hybridized carbons (Fsp3) is 0.727. The van der Waals surface area contributed by atoms with Crippen LogP contribution in [0, 0.1) is 5.92 Å². The fourth-order valence-electron chi connectivity index (χ4n) is 2.10. The van der Waals surface area contributed by atoms with Gasteiger partial charge in [-0.15, -0.1) is 0 Å². The van der Waals surface area contributed by atoms with Crippen molar-refractivity contribution in [2.75, 3.05) is 0 Å². The van der Waals surface area contributed by atoms with Gasteiger partial charge in [-0.1, -0.05) is 0 Å². The molecule has 0 bridgehead atoms. The second-order valence-corrected chi connectivity index (χ2v) is 5.08. The Hall–Kier alpha value is -1.14. The smallest absolute Gasteiger partial charge is 0.271 e. The van der Waals surface area contributed by atoms with Crippen LogP contribution < -0.4 is 0 Å². The molecule has 0 saturated heterocycles. The number of halogens is 5. The Morgan fingerprint density at radius 2 is 1.94 bits per heavy atom. The van der Waals surface area contributed by atoms with Crippen molar-refractivity contribution in [2.24, 2.45) is 5.92 Å². The first-order chi connectivity index (χ1) is 8.27. The highest BCUT2D eigenvalue weighted by atomic mass is 19.4. The van der Waals surface area contributed by atoms with Gasteiger partial charge in [-0.25, -0.2) is 8.78 Å². The van der Waals surface area contributed by atoms with Gasteiger partial charge in [0.05, 0.1) is 11.3 Å². The Labute approximate surface area is 99.8 Å². The Bertz CT molecular complexity index is 472. The van der Waals surface area contributed by atoms with Gasteiger partial charge in [0, 0.05) is 31.0 Å². The largest absolute Gasteiger partial charge is 0.419 e. The van der Waals surface area contributed by atoms with Crippen molar-refractivity contribution < 1.29 is 22.0 Å². The first-order valence-electron chi connectivity index (χ1n) is 5.80. The van der Waals surface area contributed by atoms with Crippen LogP contribution in [-0.2, 0) is 12.7 Å². The predicted molar refractivity (Wildman–Crippen MR) is 52.3 cm³/mol. The van der Waals surface area contributed by atoms with E-state index in [2.05, 4.69) is 5.10 Å². The van der Waals surface area contributed by atoms with Crippen molar-refractivity contribution in [2.45, 2.75) is 43.8 Å². The van der Waals surface area contributed by atoms with Crippen LogP contribution >= 0.6 is 0 Å². The molecule has 18 heavy (non-hydrogen) atoms. The molecular weight excluding hydrogens is 255 g/mol. The standard InChI is InChI=1S/C11H11F5N2/c12-10(13)3-7(10)4-18-5-8(11(14,15)16)9(17-18)6-1-2-6/h5-7H,1-4H2. The molecule has 2 aliphatic carbocycles. The normalized spacial score (nSPS) is 26.4. The molecule has 0 radical (unpaired) electrons. The minimum Gasteiger partial charge on any atom is -0.271 e. The highest BCUT2D eigenvalue weighted by Gasteiger charge is 2.57. The molecule has 0 spiro atoms. The first-order valence-corrected chi connectivity index (χ1v) is 5.80. The van der Waals surface area contributed by atoms with Crippen LogP contribution in [0.1, 0.15) is 36.4 Å². The summed E-state index contributed by atoms with van der Waals surface area (Å²) in [6.45, 7) is -0.136. The number of aromatic nitrogens is 2. The summed E-state index contributed by atoms with van der Waals surface area (Å²) < 4.78 is 64.8.